The normalized spacial score (nSPS) is 12.3. The number of rotatable bonds is 3. The third-order valence-electron chi connectivity index (χ3n) is 1.00. The van der Waals surface area contributed by atoms with E-state index in [1.165, 1.54) is 0 Å². The molecule has 0 saturated heterocycles. The second-order valence-corrected chi connectivity index (χ2v) is 2.30. The predicted molar refractivity (Wildman–Crippen MR) is 43.2 cm³/mol. The number of carbonyl (C=O) groups excluding carboxylic acids is 2. The molecule has 1 atom stereocenters. The van der Waals surface area contributed by atoms with E-state index in [2.05, 4.69) is 17.4 Å². The number of nitrogens with two attached hydrogens (primary N) is 1. The standard InChI is InChI=1S/C6H11NO3S/c1-2-5(8)10-6(9)4(7)3-11/h4,11H,2-3,7H2,1H3/t4-/m0/s1. The first kappa shape index (κ1) is 10.4. The zero-order valence-electron chi connectivity index (χ0n) is 6.24. The fourth-order valence-corrected chi connectivity index (χ4v) is 0.484. The predicted octanol–water partition coefficient (Wildman–Crippen LogP) is -0.277. The first-order chi connectivity index (χ1) is 5.11. The van der Waals surface area contributed by atoms with Crippen LogP contribution in [0.25, 0.3) is 0 Å². The van der Waals surface area contributed by atoms with Crippen LogP contribution in [0.15, 0.2) is 0 Å². The highest BCUT2D eigenvalue weighted by Crippen LogP contribution is 1.91. The average Bonchev–Trinajstić information content (AvgIpc) is 2.02. The monoisotopic (exact) mass is 177 g/mol. The molecule has 4 nitrogen and oxygen atoms in total. The molecule has 0 radical (unpaired) electrons. The molecule has 2 N–H and O–H groups in total. The van der Waals surface area contributed by atoms with Crippen molar-refractivity contribution >= 4 is 24.6 Å². The molecule has 0 amide bonds. The second-order valence-electron chi connectivity index (χ2n) is 1.94. The lowest BCUT2D eigenvalue weighted by Gasteiger charge is -2.05. The molecule has 0 aromatic carbocycles. The topological polar surface area (TPSA) is 69.4 Å². The molecule has 0 aromatic heterocycles. The van der Waals surface area contributed by atoms with Crippen LogP contribution >= 0.6 is 12.6 Å². The Kier molecular flexibility index (Phi) is 4.89. The van der Waals surface area contributed by atoms with Crippen molar-refractivity contribution in [2.24, 2.45) is 5.73 Å². The van der Waals surface area contributed by atoms with E-state index in [4.69, 9.17) is 5.73 Å². The summed E-state index contributed by atoms with van der Waals surface area (Å²) in [5.74, 6) is -1.10. The SMILES string of the molecule is CCC(=O)OC(=O)[C@@H](N)CS. The quantitative estimate of drug-likeness (QED) is 0.353. The van der Waals surface area contributed by atoms with Gasteiger partial charge < -0.3 is 10.5 Å². The van der Waals surface area contributed by atoms with Gasteiger partial charge in [-0.25, -0.2) is 4.79 Å². The first-order valence-corrected chi connectivity index (χ1v) is 3.86. The number of esters is 2. The summed E-state index contributed by atoms with van der Waals surface area (Å²) < 4.78 is 4.30. The Morgan fingerprint density at radius 1 is 1.64 bits per heavy atom. The maximum absolute atomic E-state index is 10.7. The van der Waals surface area contributed by atoms with Gasteiger partial charge >= 0.3 is 11.9 Å². The molecule has 0 aliphatic rings. The van der Waals surface area contributed by atoms with Crippen molar-refractivity contribution in [2.45, 2.75) is 19.4 Å². The van der Waals surface area contributed by atoms with Gasteiger partial charge in [-0.1, -0.05) is 6.92 Å². The van der Waals surface area contributed by atoms with E-state index in [9.17, 15) is 9.59 Å². The van der Waals surface area contributed by atoms with Crippen LogP contribution < -0.4 is 5.73 Å². The highest BCUT2D eigenvalue weighted by Gasteiger charge is 2.15. The zero-order valence-corrected chi connectivity index (χ0v) is 7.14. The average molecular weight is 177 g/mol. The molecule has 0 aliphatic heterocycles. The van der Waals surface area contributed by atoms with Gasteiger partial charge in [0, 0.05) is 12.2 Å². The summed E-state index contributed by atoms with van der Waals surface area (Å²) in [6.45, 7) is 1.60. The molecule has 0 heterocycles. The van der Waals surface area contributed by atoms with Gasteiger partial charge in [-0.05, 0) is 0 Å². The van der Waals surface area contributed by atoms with E-state index in [1.54, 1.807) is 6.92 Å². The zero-order chi connectivity index (χ0) is 8.85. The number of ether oxygens (including phenoxy) is 1. The van der Waals surface area contributed by atoms with Crippen molar-refractivity contribution in [1.82, 2.24) is 0 Å². The van der Waals surface area contributed by atoms with Crippen LogP contribution in [0.3, 0.4) is 0 Å². The lowest BCUT2D eigenvalue weighted by molar-refractivity contribution is -0.160. The molecular weight excluding hydrogens is 166 g/mol. The summed E-state index contributed by atoms with van der Waals surface area (Å²) in [4.78, 5) is 21.2. The first-order valence-electron chi connectivity index (χ1n) is 3.22. The van der Waals surface area contributed by atoms with Gasteiger partial charge in [-0.15, -0.1) is 0 Å². The fourth-order valence-electron chi connectivity index (χ4n) is 0.335. The molecule has 0 aromatic rings. The second kappa shape index (κ2) is 5.15. The molecule has 11 heavy (non-hydrogen) atoms. The van der Waals surface area contributed by atoms with Crippen molar-refractivity contribution in [2.75, 3.05) is 5.75 Å². The minimum absolute atomic E-state index is 0.172. The molecular formula is C6H11NO3S. The van der Waals surface area contributed by atoms with Gasteiger partial charge in [-0.3, -0.25) is 4.79 Å². The Balaban J connectivity index is 3.77. The van der Waals surface area contributed by atoms with E-state index in [0.717, 1.165) is 0 Å². The smallest absolute Gasteiger partial charge is 0.331 e. The number of hydrogen-bond donors (Lipinski definition) is 2. The Bertz CT molecular complexity index is 160. The maximum Gasteiger partial charge on any atom is 0.331 e. The molecule has 0 fully saturated rings. The third kappa shape index (κ3) is 4.00. The largest absolute Gasteiger partial charge is 0.392 e. The van der Waals surface area contributed by atoms with Crippen molar-refractivity contribution < 1.29 is 14.3 Å². The van der Waals surface area contributed by atoms with Crippen LogP contribution in [0.5, 0.6) is 0 Å². The van der Waals surface area contributed by atoms with E-state index in [0.29, 0.717) is 0 Å². The van der Waals surface area contributed by atoms with Crippen LogP contribution in [0, 0.1) is 0 Å². The van der Waals surface area contributed by atoms with E-state index >= 15 is 0 Å². The number of hydrogen-bond acceptors (Lipinski definition) is 5. The Hall–Kier alpha value is -0.550. The summed E-state index contributed by atoms with van der Waals surface area (Å²) in [7, 11) is 0. The van der Waals surface area contributed by atoms with Gasteiger partial charge in [0.25, 0.3) is 0 Å². The van der Waals surface area contributed by atoms with Gasteiger partial charge in [0.05, 0.1) is 0 Å². The van der Waals surface area contributed by atoms with Gasteiger partial charge in [0.1, 0.15) is 6.04 Å². The fraction of sp³-hybridized carbons (Fsp3) is 0.667. The van der Waals surface area contributed by atoms with Crippen molar-refractivity contribution in [3.8, 4) is 0 Å². The van der Waals surface area contributed by atoms with Crippen LogP contribution in [0.1, 0.15) is 13.3 Å². The molecule has 64 valence electrons. The van der Waals surface area contributed by atoms with Gasteiger partial charge in [0.15, 0.2) is 0 Å². The number of carbonyl (C=O) groups is 2. The minimum atomic E-state index is -0.811. The molecule has 0 bridgehead atoms. The number of thiol groups is 1. The van der Waals surface area contributed by atoms with Crippen LogP contribution in [0.4, 0.5) is 0 Å². The van der Waals surface area contributed by atoms with E-state index in [1.807, 2.05) is 0 Å². The molecule has 0 rings (SSSR count). The van der Waals surface area contributed by atoms with Gasteiger partial charge in [0.2, 0.25) is 0 Å². The van der Waals surface area contributed by atoms with Crippen LogP contribution in [-0.4, -0.2) is 23.7 Å². The summed E-state index contributed by atoms with van der Waals surface area (Å²) in [5.41, 5.74) is 5.22. The van der Waals surface area contributed by atoms with E-state index in [-0.39, 0.29) is 12.2 Å². The summed E-state index contributed by atoms with van der Waals surface area (Å²) >= 11 is 3.77. The lowest BCUT2D eigenvalue weighted by atomic mass is 10.4. The van der Waals surface area contributed by atoms with E-state index < -0.39 is 18.0 Å². The highest BCUT2D eigenvalue weighted by atomic mass is 32.1. The highest BCUT2D eigenvalue weighted by molar-refractivity contribution is 7.80. The third-order valence-corrected chi connectivity index (χ3v) is 1.40. The molecule has 0 saturated carbocycles. The Morgan fingerprint density at radius 3 is 2.55 bits per heavy atom. The molecule has 0 unspecified atom stereocenters. The minimum Gasteiger partial charge on any atom is -0.392 e. The van der Waals surface area contributed by atoms with Crippen LogP contribution in [-0.2, 0) is 14.3 Å². The van der Waals surface area contributed by atoms with Crippen molar-refractivity contribution in [3.63, 3.8) is 0 Å². The van der Waals surface area contributed by atoms with Gasteiger partial charge in [-0.2, -0.15) is 12.6 Å². The molecule has 0 aliphatic carbocycles. The Labute approximate surface area is 70.5 Å². The Morgan fingerprint density at radius 2 is 2.18 bits per heavy atom. The van der Waals surface area contributed by atoms with Crippen LogP contribution in [0.2, 0.25) is 0 Å². The maximum atomic E-state index is 10.7. The summed E-state index contributed by atoms with van der Waals surface area (Å²) in [5, 5.41) is 0. The summed E-state index contributed by atoms with van der Waals surface area (Å²) in [6.07, 6.45) is 0.172. The molecule has 5 heteroatoms. The lowest BCUT2D eigenvalue weighted by Crippen LogP contribution is -2.35. The van der Waals surface area contributed by atoms with Crippen molar-refractivity contribution in [1.29, 1.82) is 0 Å². The summed E-state index contributed by atoms with van der Waals surface area (Å²) in [6, 6.07) is -0.811. The van der Waals surface area contributed by atoms with Crippen molar-refractivity contribution in [3.05, 3.63) is 0 Å². The molecule has 0 spiro atoms.